The number of thiocarbonyl (C=S) groups is 1. The number of nitrogens with zero attached hydrogens (tertiary/aromatic N) is 1. The van der Waals surface area contributed by atoms with Gasteiger partial charge in [0.05, 0.1) is 0 Å². The molecule has 0 fully saturated rings. The first-order chi connectivity index (χ1) is 7.18. The predicted molar refractivity (Wildman–Crippen MR) is 67.9 cm³/mol. The van der Waals surface area contributed by atoms with E-state index in [1.807, 2.05) is 0 Å². The van der Waals surface area contributed by atoms with Crippen LogP contribution >= 0.6 is 12.2 Å². The first-order valence-corrected chi connectivity index (χ1v) is 6.35. The summed E-state index contributed by atoms with van der Waals surface area (Å²) in [5.41, 5.74) is 5.24. The molecular weight excluding hydrogens is 208 g/mol. The molecule has 0 aromatic carbocycles. The average molecular weight is 232 g/mol. The summed E-state index contributed by atoms with van der Waals surface area (Å²) in [6.45, 7) is 2.79. The number of rotatable bonds is 9. The number of nitrogens with two attached hydrogens (primary N) is 1. The lowest BCUT2D eigenvalue weighted by molar-refractivity contribution is -0.0142. The predicted octanol–water partition coefficient (Wildman–Crippen LogP) is 3.06. The van der Waals surface area contributed by atoms with Gasteiger partial charge in [0.1, 0.15) is 0 Å². The smallest absolute Gasteiger partial charge is 0.190 e. The van der Waals surface area contributed by atoms with Crippen LogP contribution in [0.1, 0.15) is 58.3 Å². The molecule has 0 aromatic rings. The van der Waals surface area contributed by atoms with Crippen molar-refractivity contribution in [2.75, 3.05) is 6.54 Å². The van der Waals surface area contributed by atoms with Crippen molar-refractivity contribution in [3.8, 4) is 0 Å². The number of hydrogen-bond donors (Lipinski definition) is 2. The van der Waals surface area contributed by atoms with E-state index in [2.05, 4.69) is 19.1 Å². The van der Waals surface area contributed by atoms with Crippen LogP contribution in [-0.2, 0) is 0 Å². The van der Waals surface area contributed by atoms with Gasteiger partial charge in [-0.2, -0.15) is 0 Å². The monoisotopic (exact) mass is 232 g/mol. The van der Waals surface area contributed by atoms with Crippen LogP contribution in [0.15, 0.2) is 0 Å². The lowest BCUT2D eigenvalue weighted by Gasteiger charge is -2.13. The second-order valence-electron chi connectivity index (χ2n) is 3.94. The maximum Gasteiger partial charge on any atom is 0.190 e. The summed E-state index contributed by atoms with van der Waals surface area (Å²) in [6, 6.07) is 0. The molecule has 0 saturated carbocycles. The minimum absolute atomic E-state index is 0.0675. The van der Waals surface area contributed by atoms with Crippen LogP contribution in [0, 0.1) is 0 Å². The topological polar surface area (TPSA) is 49.5 Å². The van der Waals surface area contributed by atoms with Crippen LogP contribution in [0.5, 0.6) is 0 Å². The fraction of sp³-hybridized carbons (Fsp3) is 0.909. The fourth-order valence-electron chi connectivity index (χ4n) is 1.51. The second kappa shape index (κ2) is 10.2. The summed E-state index contributed by atoms with van der Waals surface area (Å²) in [6.07, 6.45) is 10.0. The SMILES string of the molecule is CCCCCCCCCCN(O)C(N)=S. The summed E-state index contributed by atoms with van der Waals surface area (Å²) < 4.78 is 0. The zero-order valence-electron chi connectivity index (χ0n) is 9.74. The van der Waals surface area contributed by atoms with E-state index in [0.717, 1.165) is 17.9 Å². The Morgan fingerprint density at radius 2 is 1.53 bits per heavy atom. The summed E-state index contributed by atoms with van der Waals surface area (Å²) in [4.78, 5) is 0. The van der Waals surface area contributed by atoms with Gasteiger partial charge in [-0.15, -0.1) is 0 Å². The van der Waals surface area contributed by atoms with E-state index >= 15 is 0 Å². The molecule has 4 heteroatoms. The normalized spacial score (nSPS) is 10.3. The Bertz CT molecular complexity index is 165. The van der Waals surface area contributed by atoms with Crippen LogP contribution < -0.4 is 5.73 Å². The molecule has 0 aliphatic heterocycles. The molecule has 0 aliphatic carbocycles. The first kappa shape index (κ1) is 14.6. The van der Waals surface area contributed by atoms with Crippen molar-refractivity contribution in [2.24, 2.45) is 5.73 Å². The van der Waals surface area contributed by atoms with Gasteiger partial charge in [0.25, 0.3) is 0 Å². The van der Waals surface area contributed by atoms with Gasteiger partial charge < -0.3 is 5.73 Å². The molecule has 0 atom stereocenters. The fourth-order valence-corrected chi connectivity index (χ4v) is 1.60. The summed E-state index contributed by atoms with van der Waals surface area (Å²) in [5, 5.41) is 10.2. The van der Waals surface area contributed by atoms with Crippen LogP contribution in [0.3, 0.4) is 0 Å². The van der Waals surface area contributed by atoms with E-state index in [-0.39, 0.29) is 5.11 Å². The summed E-state index contributed by atoms with van der Waals surface area (Å²) in [7, 11) is 0. The molecule has 15 heavy (non-hydrogen) atoms. The minimum Gasteiger partial charge on any atom is -0.374 e. The summed E-state index contributed by atoms with van der Waals surface area (Å²) in [5.74, 6) is 0. The highest BCUT2D eigenvalue weighted by atomic mass is 32.1. The zero-order chi connectivity index (χ0) is 11.5. The molecule has 0 rings (SSSR count). The second-order valence-corrected chi connectivity index (χ2v) is 4.35. The highest BCUT2D eigenvalue weighted by Crippen LogP contribution is 2.08. The average Bonchev–Trinajstić information content (AvgIpc) is 2.21. The van der Waals surface area contributed by atoms with Gasteiger partial charge in [-0.05, 0) is 18.6 Å². The summed E-state index contributed by atoms with van der Waals surface area (Å²) >= 11 is 4.62. The van der Waals surface area contributed by atoms with Gasteiger partial charge in [0.2, 0.25) is 0 Å². The van der Waals surface area contributed by atoms with Crippen LogP contribution in [-0.4, -0.2) is 21.9 Å². The van der Waals surface area contributed by atoms with E-state index in [1.165, 1.54) is 38.5 Å². The Morgan fingerprint density at radius 1 is 1.07 bits per heavy atom. The third kappa shape index (κ3) is 9.94. The van der Waals surface area contributed by atoms with Crippen molar-refractivity contribution < 1.29 is 5.21 Å². The highest BCUT2D eigenvalue weighted by Gasteiger charge is 2.00. The largest absolute Gasteiger partial charge is 0.374 e. The molecule has 0 spiro atoms. The van der Waals surface area contributed by atoms with E-state index < -0.39 is 0 Å². The molecule has 0 aliphatic rings. The van der Waals surface area contributed by atoms with Gasteiger partial charge in [-0.3, -0.25) is 5.21 Å². The molecule has 0 aromatic heterocycles. The van der Waals surface area contributed by atoms with Gasteiger partial charge in [-0.25, -0.2) is 5.06 Å². The van der Waals surface area contributed by atoms with Gasteiger partial charge in [-0.1, -0.05) is 51.9 Å². The Hall–Kier alpha value is -0.350. The quantitative estimate of drug-likeness (QED) is 0.364. The molecule has 0 heterocycles. The number of hydroxylamine groups is 2. The van der Waals surface area contributed by atoms with Crippen molar-refractivity contribution >= 4 is 17.3 Å². The molecule has 0 unspecified atom stereocenters. The third-order valence-corrected chi connectivity index (χ3v) is 2.69. The van der Waals surface area contributed by atoms with Crippen molar-refractivity contribution in [1.82, 2.24) is 5.06 Å². The van der Waals surface area contributed by atoms with E-state index in [4.69, 9.17) is 10.9 Å². The minimum atomic E-state index is 0.0675. The Morgan fingerprint density at radius 3 is 2.00 bits per heavy atom. The standard InChI is InChI=1S/C11H24N2OS/c1-2-3-4-5-6-7-8-9-10-13(14)11(12)15/h14H,2-10H2,1H3,(H2,12,15). The maximum atomic E-state index is 9.17. The first-order valence-electron chi connectivity index (χ1n) is 5.94. The molecule has 3 nitrogen and oxygen atoms in total. The molecular formula is C11H24N2OS. The Balaban J connectivity index is 3.08. The number of unbranched alkanes of at least 4 members (excludes halogenated alkanes) is 7. The molecule has 0 radical (unpaired) electrons. The lowest BCUT2D eigenvalue weighted by Crippen LogP contribution is -2.33. The lowest BCUT2D eigenvalue weighted by atomic mass is 10.1. The number of hydrogen-bond acceptors (Lipinski definition) is 2. The highest BCUT2D eigenvalue weighted by molar-refractivity contribution is 7.80. The van der Waals surface area contributed by atoms with Gasteiger partial charge in [0.15, 0.2) is 5.11 Å². The van der Waals surface area contributed by atoms with Gasteiger partial charge >= 0.3 is 0 Å². The van der Waals surface area contributed by atoms with Crippen LogP contribution in [0.2, 0.25) is 0 Å². The van der Waals surface area contributed by atoms with Crippen molar-refractivity contribution in [1.29, 1.82) is 0 Å². The van der Waals surface area contributed by atoms with E-state index in [1.54, 1.807) is 0 Å². The Labute approximate surface area is 98.6 Å². The molecule has 0 saturated heterocycles. The molecule has 90 valence electrons. The third-order valence-electron chi connectivity index (χ3n) is 2.48. The molecule has 0 bridgehead atoms. The zero-order valence-corrected chi connectivity index (χ0v) is 10.6. The van der Waals surface area contributed by atoms with Crippen molar-refractivity contribution in [3.63, 3.8) is 0 Å². The molecule has 0 amide bonds. The van der Waals surface area contributed by atoms with Crippen LogP contribution in [0.4, 0.5) is 0 Å². The van der Waals surface area contributed by atoms with Crippen molar-refractivity contribution in [3.05, 3.63) is 0 Å². The Kier molecular flexibility index (Phi) is 9.94. The van der Waals surface area contributed by atoms with Crippen molar-refractivity contribution in [2.45, 2.75) is 58.3 Å². The van der Waals surface area contributed by atoms with E-state index in [0.29, 0.717) is 6.54 Å². The maximum absolute atomic E-state index is 9.17. The van der Waals surface area contributed by atoms with Gasteiger partial charge in [0, 0.05) is 6.54 Å². The van der Waals surface area contributed by atoms with Crippen LogP contribution in [0.25, 0.3) is 0 Å². The molecule has 3 N–H and O–H groups in total. The van der Waals surface area contributed by atoms with E-state index in [9.17, 15) is 0 Å².